The van der Waals surface area contributed by atoms with Crippen molar-refractivity contribution in [3.8, 4) is 0 Å². The molecular formula is C18H26. The van der Waals surface area contributed by atoms with E-state index in [0.29, 0.717) is 0 Å². The second-order valence-electron chi connectivity index (χ2n) is 6.12. The Labute approximate surface area is 112 Å². The molecule has 2 rings (SSSR count). The lowest BCUT2D eigenvalue weighted by atomic mass is 9.79. The zero-order valence-corrected chi connectivity index (χ0v) is 12.1. The fraction of sp³-hybridized carbons (Fsp3) is 0.556. The molecule has 98 valence electrons. The molecule has 0 saturated carbocycles. The quantitative estimate of drug-likeness (QED) is 0.621. The predicted octanol–water partition coefficient (Wildman–Crippen LogP) is 5.39. The third-order valence-corrected chi connectivity index (χ3v) is 4.21. The van der Waals surface area contributed by atoms with Gasteiger partial charge in [0.25, 0.3) is 0 Å². The summed E-state index contributed by atoms with van der Waals surface area (Å²) in [7, 11) is 0. The summed E-state index contributed by atoms with van der Waals surface area (Å²) < 4.78 is 0. The SMILES string of the molecule is CC1CCC(C(C)C)=C(CCc2ccccc2)C1. The average Bonchev–Trinajstić information content (AvgIpc) is 2.37. The maximum atomic E-state index is 2.40. The molecule has 1 aromatic carbocycles. The molecule has 0 amide bonds. The molecule has 0 N–H and O–H groups in total. The van der Waals surface area contributed by atoms with Gasteiger partial charge in [-0.2, -0.15) is 0 Å². The van der Waals surface area contributed by atoms with Crippen molar-refractivity contribution in [2.75, 3.05) is 0 Å². The van der Waals surface area contributed by atoms with E-state index < -0.39 is 0 Å². The fourth-order valence-electron chi connectivity index (χ4n) is 3.13. The van der Waals surface area contributed by atoms with E-state index in [-0.39, 0.29) is 0 Å². The van der Waals surface area contributed by atoms with Gasteiger partial charge in [0.2, 0.25) is 0 Å². The van der Waals surface area contributed by atoms with Crippen LogP contribution in [0.25, 0.3) is 0 Å². The van der Waals surface area contributed by atoms with Gasteiger partial charge < -0.3 is 0 Å². The van der Waals surface area contributed by atoms with Crippen LogP contribution in [0.2, 0.25) is 0 Å². The molecule has 18 heavy (non-hydrogen) atoms. The van der Waals surface area contributed by atoms with Gasteiger partial charge >= 0.3 is 0 Å². The van der Waals surface area contributed by atoms with E-state index >= 15 is 0 Å². The summed E-state index contributed by atoms with van der Waals surface area (Å²) in [5.74, 6) is 1.63. The minimum Gasteiger partial charge on any atom is -0.0702 e. The molecule has 1 aromatic rings. The molecule has 0 saturated heterocycles. The van der Waals surface area contributed by atoms with Crippen LogP contribution in [-0.4, -0.2) is 0 Å². The minimum atomic E-state index is 0.739. The molecule has 0 fully saturated rings. The molecule has 0 spiro atoms. The first-order chi connectivity index (χ1) is 8.66. The fourth-order valence-corrected chi connectivity index (χ4v) is 3.13. The third kappa shape index (κ3) is 3.48. The first-order valence-electron chi connectivity index (χ1n) is 7.41. The van der Waals surface area contributed by atoms with Crippen molar-refractivity contribution in [1.29, 1.82) is 0 Å². The van der Waals surface area contributed by atoms with Gasteiger partial charge in [-0.25, -0.2) is 0 Å². The molecule has 0 bridgehead atoms. The van der Waals surface area contributed by atoms with Crippen LogP contribution in [0.3, 0.4) is 0 Å². The van der Waals surface area contributed by atoms with E-state index in [2.05, 4.69) is 51.1 Å². The zero-order chi connectivity index (χ0) is 13.0. The molecule has 0 radical (unpaired) electrons. The molecular weight excluding hydrogens is 216 g/mol. The molecule has 0 nitrogen and oxygen atoms in total. The van der Waals surface area contributed by atoms with Crippen molar-refractivity contribution >= 4 is 0 Å². The van der Waals surface area contributed by atoms with Crippen molar-refractivity contribution in [2.24, 2.45) is 11.8 Å². The Hall–Kier alpha value is -1.04. The lowest BCUT2D eigenvalue weighted by molar-refractivity contribution is 0.462. The topological polar surface area (TPSA) is 0 Å². The Balaban J connectivity index is 2.05. The number of aryl methyl sites for hydroxylation is 1. The van der Waals surface area contributed by atoms with Crippen LogP contribution in [0.4, 0.5) is 0 Å². The van der Waals surface area contributed by atoms with Crippen LogP contribution in [-0.2, 0) is 6.42 Å². The van der Waals surface area contributed by atoms with Gasteiger partial charge in [0.05, 0.1) is 0 Å². The maximum absolute atomic E-state index is 2.40. The highest BCUT2D eigenvalue weighted by Crippen LogP contribution is 2.35. The number of allylic oxidation sites excluding steroid dienone is 2. The summed E-state index contributed by atoms with van der Waals surface area (Å²) in [6.07, 6.45) is 6.53. The van der Waals surface area contributed by atoms with E-state index in [1.807, 2.05) is 0 Å². The van der Waals surface area contributed by atoms with E-state index in [4.69, 9.17) is 0 Å². The van der Waals surface area contributed by atoms with Crippen LogP contribution < -0.4 is 0 Å². The van der Waals surface area contributed by atoms with Gasteiger partial charge in [-0.1, -0.05) is 62.2 Å². The minimum absolute atomic E-state index is 0.739. The molecule has 1 aliphatic rings. The van der Waals surface area contributed by atoms with Crippen molar-refractivity contribution in [1.82, 2.24) is 0 Å². The molecule has 0 heterocycles. The highest BCUT2D eigenvalue weighted by Gasteiger charge is 2.19. The highest BCUT2D eigenvalue weighted by atomic mass is 14.2. The molecule has 1 unspecified atom stereocenters. The van der Waals surface area contributed by atoms with Crippen molar-refractivity contribution in [2.45, 2.75) is 52.9 Å². The Kier molecular flexibility index (Phi) is 4.63. The number of benzene rings is 1. The van der Waals surface area contributed by atoms with E-state index in [0.717, 1.165) is 11.8 Å². The number of hydrogen-bond donors (Lipinski definition) is 0. The summed E-state index contributed by atoms with van der Waals surface area (Å²) in [5.41, 5.74) is 4.99. The second kappa shape index (κ2) is 6.22. The first kappa shape index (κ1) is 13.4. The standard InChI is InChI=1S/C18H26/c1-14(2)18-12-9-15(3)13-17(18)11-10-16-7-5-4-6-8-16/h4-8,14-15H,9-13H2,1-3H3. The van der Waals surface area contributed by atoms with Crippen molar-refractivity contribution < 1.29 is 0 Å². The van der Waals surface area contributed by atoms with E-state index in [9.17, 15) is 0 Å². The van der Waals surface area contributed by atoms with Crippen LogP contribution in [0.5, 0.6) is 0 Å². The van der Waals surface area contributed by atoms with Gasteiger partial charge in [-0.05, 0) is 49.5 Å². The third-order valence-electron chi connectivity index (χ3n) is 4.21. The van der Waals surface area contributed by atoms with Gasteiger partial charge in [0, 0.05) is 0 Å². The summed E-state index contributed by atoms with van der Waals surface area (Å²) in [6, 6.07) is 10.9. The Morgan fingerprint density at radius 2 is 1.83 bits per heavy atom. The number of hydrogen-bond acceptors (Lipinski definition) is 0. The first-order valence-corrected chi connectivity index (χ1v) is 7.41. The van der Waals surface area contributed by atoms with Crippen LogP contribution in [0.15, 0.2) is 41.5 Å². The average molecular weight is 242 g/mol. The molecule has 0 aliphatic heterocycles. The van der Waals surface area contributed by atoms with Gasteiger partial charge in [-0.3, -0.25) is 0 Å². The molecule has 0 heteroatoms. The summed E-state index contributed by atoms with van der Waals surface area (Å²) in [5, 5.41) is 0. The lowest BCUT2D eigenvalue weighted by Crippen LogP contribution is -2.12. The maximum Gasteiger partial charge on any atom is -0.0241 e. The number of rotatable bonds is 4. The lowest BCUT2D eigenvalue weighted by Gasteiger charge is -2.27. The van der Waals surface area contributed by atoms with E-state index in [1.54, 1.807) is 11.1 Å². The normalized spacial score (nSPS) is 20.6. The Morgan fingerprint density at radius 1 is 1.11 bits per heavy atom. The molecule has 1 atom stereocenters. The highest BCUT2D eigenvalue weighted by molar-refractivity contribution is 5.22. The Bertz CT molecular complexity index is 397. The smallest absolute Gasteiger partial charge is 0.0241 e. The zero-order valence-electron chi connectivity index (χ0n) is 12.1. The van der Waals surface area contributed by atoms with Gasteiger partial charge in [0.1, 0.15) is 0 Å². The summed E-state index contributed by atoms with van der Waals surface area (Å²) >= 11 is 0. The van der Waals surface area contributed by atoms with Crippen LogP contribution >= 0.6 is 0 Å². The summed E-state index contributed by atoms with van der Waals surface area (Å²) in [6.45, 7) is 7.11. The van der Waals surface area contributed by atoms with Crippen molar-refractivity contribution in [3.63, 3.8) is 0 Å². The monoisotopic (exact) mass is 242 g/mol. The van der Waals surface area contributed by atoms with Gasteiger partial charge in [0.15, 0.2) is 0 Å². The Morgan fingerprint density at radius 3 is 2.50 bits per heavy atom. The molecule has 1 aliphatic carbocycles. The summed E-state index contributed by atoms with van der Waals surface area (Å²) in [4.78, 5) is 0. The largest absolute Gasteiger partial charge is 0.0702 e. The van der Waals surface area contributed by atoms with Crippen LogP contribution in [0.1, 0.15) is 52.0 Å². The van der Waals surface area contributed by atoms with Crippen LogP contribution in [0, 0.1) is 11.8 Å². The van der Waals surface area contributed by atoms with Crippen molar-refractivity contribution in [3.05, 3.63) is 47.0 Å². The van der Waals surface area contributed by atoms with Gasteiger partial charge in [-0.15, -0.1) is 0 Å². The van der Waals surface area contributed by atoms with E-state index in [1.165, 1.54) is 37.7 Å². The second-order valence-corrected chi connectivity index (χ2v) is 6.12. The molecule has 0 aromatic heterocycles. The predicted molar refractivity (Wildman–Crippen MR) is 79.6 cm³/mol.